The van der Waals surface area contributed by atoms with Crippen LogP contribution in [0.1, 0.15) is 45.1 Å². The highest BCUT2D eigenvalue weighted by molar-refractivity contribution is 7.99. The number of nitrogens with one attached hydrogen (secondary N) is 1. The molecule has 2 aromatic rings. The van der Waals surface area contributed by atoms with Gasteiger partial charge >= 0.3 is 0 Å². The number of nitrogens with zero attached hydrogens (tertiary/aromatic N) is 5. The highest BCUT2D eigenvalue weighted by atomic mass is 32.2. The lowest BCUT2D eigenvalue weighted by Crippen LogP contribution is -2.46. The number of amides is 1. The van der Waals surface area contributed by atoms with Crippen LogP contribution in [0.2, 0.25) is 0 Å². The molecule has 3 aliphatic heterocycles. The van der Waals surface area contributed by atoms with Crippen LogP contribution >= 0.6 is 11.8 Å². The lowest BCUT2D eigenvalue weighted by Gasteiger charge is -2.38. The molecule has 0 spiro atoms. The van der Waals surface area contributed by atoms with E-state index in [1.54, 1.807) is 11.8 Å². The zero-order valence-electron chi connectivity index (χ0n) is 21.3. The number of thioether (sulfide) groups is 1. The van der Waals surface area contributed by atoms with Crippen LogP contribution in [-0.4, -0.2) is 75.8 Å². The van der Waals surface area contributed by atoms with Gasteiger partial charge in [-0.05, 0) is 69.0 Å². The summed E-state index contributed by atoms with van der Waals surface area (Å²) < 4.78 is 16.1. The number of carbonyl (C=O) groups excluding carboxylic acids is 1. The van der Waals surface area contributed by atoms with Crippen molar-refractivity contribution in [1.29, 1.82) is 0 Å². The fourth-order valence-electron chi connectivity index (χ4n) is 5.58. The largest absolute Gasteiger partial charge is 0.342 e. The molecule has 3 aliphatic rings. The number of hydrazine groups is 1. The summed E-state index contributed by atoms with van der Waals surface area (Å²) in [4.78, 5) is 22.6. The Morgan fingerprint density at radius 3 is 2.67 bits per heavy atom. The number of hydrogen-bond donors (Lipinski definition) is 1. The van der Waals surface area contributed by atoms with E-state index in [0.717, 1.165) is 86.8 Å². The Balaban J connectivity index is 1.17. The Morgan fingerprint density at radius 1 is 1.17 bits per heavy atom. The number of halogens is 1. The topological polar surface area (TPSA) is 56.6 Å². The minimum atomic E-state index is -0.248. The van der Waals surface area contributed by atoms with Crippen LogP contribution in [0.25, 0.3) is 11.0 Å². The summed E-state index contributed by atoms with van der Waals surface area (Å²) in [7, 11) is 2.00. The maximum absolute atomic E-state index is 13.8. The molecule has 0 atom stereocenters. The molecule has 1 aromatic heterocycles. The molecule has 5 rings (SSSR count). The van der Waals surface area contributed by atoms with Crippen LogP contribution in [0.5, 0.6) is 0 Å². The number of carbonyl (C=O) groups is 1. The summed E-state index contributed by atoms with van der Waals surface area (Å²) >= 11 is 1.74. The summed E-state index contributed by atoms with van der Waals surface area (Å²) in [5, 5.41) is 2.94. The number of fused-ring (bicyclic) bond motifs is 1. The summed E-state index contributed by atoms with van der Waals surface area (Å²) in [5.41, 5.74) is 6.14. The fourth-order valence-corrected chi connectivity index (χ4v) is 6.52. The smallest absolute Gasteiger partial charge is 0.225 e. The zero-order chi connectivity index (χ0) is 25.1. The number of rotatable bonds is 7. The quantitative estimate of drug-likeness (QED) is 0.555. The van der Waals surface area contributed by atoms with Crippen molar-refractivity contribution in [3.05, 3.63) is 48.1 Å². The highest BCUT2D eigenvalue weighted by Crippen LogP contribution is 2.34. The summed E-state index contributed by atoms with van der Waals surface area (Å²) in [6.07, 6.45) is 11.0. The maximum Gasteiger partial charge on any atom is 0.225 e. The minimum Gasteiger partial charge on any atom is -0.342 e. The number of aromatic nitrogens is 2. The third-order valence-electron chi connectivity index (χ3n) is 7.47. The molecule has 2 fully saturated rings. The predicted molar refractivity (Wildman–Crippen MR) is 143 cm³/mol. The molecule has 1 N–H and O–H groups in total. The van der Waals surface area contributed by atoms with Crippen molar-refractivity contribution in [2.75, 3.05) is 45.5 Å². The summed E-state index contributed by atoms with van der Waals surface area (Å²) in [5.74, 6) is 1.20. The molecule has 36 heavy (non-hydrogen) atoms. The van der Waals surface area contributed by atoms with Crippen molar-refractivity contribution in [2.24, 2.45) is 5.92 Å². The number of hydrogen-bond acceptors (Lipinski definition) is 6. The van der Waals surface area contributed by atoms with Gasteiger partial charge in [0.15, 0.2) is 5.16 Å². The summed E-state index contributed by atoms with van der Waals surface area (Å²) in [6.45, 7) is 6.57. The van der Waals surface area contributed by atoms with Crippen molar-refractivity contribution in [1.82, 2.24) is 29.8 Å². The Morgan fingerprint density at radius 2 is 1.94 bits per heavy atom. The first-order chi connectivity index (χ1) is 17.5. The van der Waals surface area contributed by atoms with Crippen LogP contribution in [0.4, 0.5) is 4.39 Å². The van der Waals surface area contributed by atoms with Gasteiger partial charge in [-0.15, -0.1) is 0 Å². The Labute approximate surface area is 217 Å². The average molecular weight is 513 g/mol. The maximum atomic E-state index is 13.8. The standard InChI is InChI=1S/C27H37FN6OS/c1-3-16-36-27-30-24-17-22(28)4-5-25(24)34(27)23-9-14-33(15-10-23)26(35)21-7-12-32(13-8-21)19-20-6-11-29-31(2)18-20/h4-6,11,17-18,21,23,29H,3,7-10,12-16,19H2,1-2H3. The molecule has 0 bridgehead atoms. The Kier molecular flexibility index (Phi) is 7.86. The SMILES string of the molecule is CCCSc1nc2cc(F)ccc2n1C1CCN(C(=O)C2CCN(CC3=CN(C)NC=C3)CC2)CC1. The lowest BCUT2D eigenvalue weighted by molar-refractivity contribution is -0.138. The first-order valence-corrected chi connectivity index (χ1v) is 14.2. The molecule has 7 nitrogen and oxygen atoms in total. The number of imidazole rings is 1. The van der Waals surface area contributed by atoms with Gasteiger partial charge in [-0.25, -0.2) is 9.37 Å². The molecule has 9 heteroatoms. The molecule has 1 amide bonds. The van der Waals surface area contributed by atoms with Gasteiger partial charge in [0, 0.05) is 62.9 Å². The highest BCUT2D eigenvalue weighted by Gasteiger charge is 2.32. The van der Waals surface area contributed by atoms with Crippen molar-refractivity contribution in [3.63, 3.8) is 0 Å². The van der Waals surface area contributed by atoms with Gasteiger partial charge in [-0.1, -0.05) is 18.7 Å². The van der Waals surface area contributed by atoms with Gasteiger partial charge in [-0.2, -0.15) is 0 Å². The third kappa shape index (κ3) is 5.57. The number of benzene rings is 1. The summed E-state index contributed by atoms with van der Waals surface area (Å²) in [6, 6.07) is 5.20. The first kappa shape index (κ1) is 25.1. The molecule has 1 aromatic carbocycles. The second kappa shape index (κ2) is 11.3. The molecule has 2 saturated heterocycles. The van der Waals surface area contributed by atoms with Gasteiger partial charge < -0.3 is 14.9 Å². The van der Waals surface area contributed by atoms with Crippen molar-refractivity contribution >= 4 is 28.7 Å². The normalized spacial score (nSPS) is 20.1. The monoisotopic (exact) mass is 512 g/mol. The first-order valence-electron chi connectivity index (χ1n) is 13.2. The van der Waals surface area contributed by atoms with Crippen molar-refractivity contribution in [2.45, 2.75) is 50.2 Å². The van der Waals surface area contributed by atoms with E-state index in [2.05, 4.69) is 39.0 Å². The molecule has 0 saturated carbocycles. The molecular weight excluding hydrogens is 475 g/mol. The van der Waals surface area contributed by atoms with Crippen LogP contribution in [0.3, 0.4) is 0 Å². The van der Waals surface area contributed by atoms with E-state index in [1.807, 2.05) is 24.3 Å². The minimum absolute atomic E-state index is 0.130. The molecule has 4 heterocycles. The fraction of sp³-hybridized carbons (Fsp3) is 0.556. The van der Waals surface area contributed by atoms with Gasteiger partial charge in [0.05, 0.1) is 11.0 Å². The van der Waals surface area contributed by atoms with Gasteiger partial charge in [0.25, 0.3) is 0 Å². The van der Waals surface area contributed by atoms with Crippen LogP contribution < -0.4 is 5.43 Å². The molecule has 194 valence electrons. The second-order valence-electron chi connectivity index (χ2n) is 10.1. The van der Waals surface area contributed by atoms with Crippen LogP contribution in [-0.2, 0) is 4.79 Å². The molecule has 0 radical (unpaired) electrons. The Bertz CT molecular complexity index is 1130. The van der Waals surface area contributed by atoms with E-state index < -0.39 is 0 Å². The van der Waals surface area contributed by atoms with E-state index in [-0.39, 0.29) is 17.8 Å². The number of piperidine rings is 2. The molecular formula is C27H37FN6OS. The van der Waals surface area contributed by atoms with Gasteiger partial charge in [-0.3, -0.25) is 14.7 Å². The molecule has 0 unspecified atom stereocenters. The van der Waals surface area contributed by atoms with Gasteiger partial charge in [0.1, 0.15) is 5.82 Å². The van der Waals surface area contributed by atoms with E-state index in [9.17, 15) is 9.18 Å². The average Bonchev–Trinajstić information content (AvgIpc) is 3.25. The Hall–Kier alpha value is -2.52. The van der Waals surface area contributed by atoms with Crippen molar-refractivity contribution < 1.29 is 9.18 Å². The van der Waals surface area contributed by atoms with Crippen molar-refractivity contribution in [3.8, 4) is 0 Å². The van der Waals surface area contributed by atoms with Gasteiger partial charge in [0.2, 0.25) is 5.91 Å². The zero-order valence-corrected chi connectivity index (χ0v) is 22.1. The van der Waals surface area contributed by atoms with E-state index >= 15 is 0 Å². The predicted octanol–water partition coefficient (Wildman–Crippen LogP) is 4.40. The van der Waals surface area contributed by atoms with Crippen LogP contribution in [0, 0.1) is 11.7 Å². The van der Waals surface area contributed by atoms with E-state index in [1.165, 1.54) is 17.7 Å². The van der Waals surface area contributed by atoms with E-state index in [0.29, 0.717) is 5.91 Å². The second-order valence-corrected chi connectivity index (χ2v) is 11.2. The third-order valence-corrected chi connectivity index (χ3v) is 8.63. The lowest BCUT2D eigenvalue weighted by atomic mass is 9.93. The van der Waals surface area contributed by atoms with E-state index in [4.69, 9.17) is 4.98 Å². The number of likely N-dealkylation sites (tertiary alicyclic amines) is 2. The molecule has 0 aliphatic carbocycles. The van der Waals surface area contributed by atoms with Crippen LogP contribution in [0.15, 0.2) is 47.4 Å².